The molecule has 0 N–H and O–H groups in total. The van der Waals surface area contributed by atoms with Crippen molar-refractivity contribution < 1.29 is 9.47 Å². The lowest BCUT2D eigenvalue weighted by molar-refractivity contribution is 0.303. The molecule has 0 bridgehead atoms. The van der Waals surface area contributed by atoms with E-state index in [0.717, 1.165) is 30.1 Å². The first-order valence-corrected chi connectivity index (χ1v) is 8.09. The summed E-state index contributed by atoms with van der Waals surface area (Å²) in [7, 11) is 1.62. The van der Waals surface area contributed by atoms with Crippen LogP contribution in [0.4, 0.5) is 0 Å². The van der Waals surface area contributed by atoms with Gasteiger partial charge in [0.2, 0.25) is 0 Å². The Hall–Kier alpha value is -1.44. The molecule has 0 spiro atoms. The number of methoxy groups -OCH3 is 1. The van der Waals surface area contributed by atoms with Gasteiger partial charge in [0.15, 0.2) is 0 Å². The third-order valence-electron chi connectivity index (χ3n) is 3.57. The molecule has 0 saturated carbocycles. The normalized spacial score (nSPS) is 10.4. The fourth-order valence-electron chi connectivity index (χ4n) is 2.28. The van der Waals surface area contributed by atoms with Crippen molar-refractivity contribution in [2.75, 3.05) is 13.7 Å². The van der Waals surface area contributed by atoms with Gasteiger partial charge in [0.05, 0.1) is 13.7 Å². The van der Waals surface area contributed by atoms with E-state index in [1.165, 1.54) is 51.0 Å². The average molecular weight is 288 g/mol. The molecule has 0 unspecified atom stereocenters. The number of hydrogen-bond acceptors (Lipinski definition) is 2. The molecule has 0 aliphatic heterocycles. The van der Waals surface area contributed by atoms with E-state index in [0.29, 0.717) is 0 Å². The predicted molar refractivity (Wildman–Crippen MR) is 88.7 cm³/mol. The topological polar surface area (TPSA) is 18.5 Å². The second-order valence-corrected chi connectivity index (χ2v) is 5.31. The number of unbranched alkanes of at least 4 members (excludes halogenated alkanes) is 7. The Bertz CT molecular complexity index is 399. The molecular formula is C19H28O2. The highest BCUT2D eigenvalue weighted by Crippen LogP contribution is 2.24. The Balaban J connectivity index is 2.14. The Morgan fingerprint density at radius 2 is 1.76 bits per heavy atom. The average Bonchev–Trinajstić information content (AvgIpc) is 2.53. The first kappa shape index (κ1) is 17.6. The minimum atomic E-state index is 0.719. The Kier molecular flexibility index (Phi) is 9.43. The van der Waals surface area contributed by atoms with Crippen LogP contribution in [0.5, 0.6) is 11.5 Å². The molecule has 1 aromatic rings. The van der Waals surface area contributed by atoms with Crippen LogP contribution in [0.1, 0.15) is 63.9 Å². The number of benzene rings is 1. The van der Waals surface area contributed by atoms with E-state index in [-0.39, 0.29) is 0 Å². The molecule has 2 nitrogen and oxygen atoms in total. The second kappa shape index (κ2) is 11.2. The van der Waals surface area contributed by atoms with Gasteiger partial charge in [-0.3, -0.25) is 0 Å². The van der Waals surface area contributed by atoms with E-state index < -0.39 is 0 Å². The minimum Gasteiger partial charge on any atom is -0.496 e. The Morgan fingerprint density at radius 1 is 1.10 bits per heavy atom. The van der Waals surface area contributed by atoms with Crippen molar-refractivity contribution in [3.05, 3.63) is 30.3 Å². The first-order valence-electron chi connectivity index (χ1n) is 8.09. The number of ether oxygens (including phenoxy) is 2. The summed E-state index contributed by atoms with van der Waals surface area (Å²) in [6.07, 6.45) is 11.9. The lowest BCUT2D eigenvalue weighted by atomic mass is 10.1. The van der Waals surface area contributed by atoms with Crippen LogP contribution in [0.2, 0.25) is 0 Å². The number of rotatable bonds is 12. The van der Waals surface area contributed by atoms with Crippen LogP contribution in [-0.2, 0) is 0 Å². The molecule has 0 aliphatic carbocycles. The van der Waals surface area contributed by atoms with E-state index in [9.17, 15) is 0 Å². The largest absolute Gasteiger partial charge is 0.496 e. The van der Waals surface area contributed by atoms with Crippen molar-refractivity contribution in [1.29, 1.82) is 0 Å². The van der Waals surface area contributed by atoms with Gasteiger partial charge < -0.3 is 9.47 Å². The predicted octanol–water partition coefficient (Wildman–Crippen LogP) is 5.46. The highest BCUT2D eigenvalue weighted by atomic mass is 16.5. The summed E-state index contributed by atoms with van der Waals surface area (Å²) in [6, 6.07) is 6.70. The van der Waals surface area contributed by atoms with E-state index in [4.69, 9.17) is 16.1 Å². The molecule has 0 saturated heterocycles. The van der Waals surface area contributed by atoms with Crippen molar-refractivity contribution in [3.8, 4) is 11.5 Å². The second-order valence-electron chi connectivity index (χ2n) is 5.31. The molecule has 0 atom stereocenters. The van der Waals surface area contributed by atoms with E-state index >= 15 is 0 Å². The molecule has 2 heteroatoms. The fraction of sp³-hybridized carbons (Fsp3) is 0.579. The molecule has 2 radical (unpaired) electrons. The van der Waals surface area contributed by atoms with Gasteiger partial charge in [-0.1, -0.05) is 64.5 Å². The minimum absolute atomic E-state index is 0.719. The van der Waals surface area contributed by atoms with Gasteiger partial charge in [-0.15, -0.1) is 0 Å². The standard InChI is InChI=1S/C19H28O2/c1-4-6-7-8-9-10-11-12-15-21-18-13-14-19(20-3)17(5-2)16-18/h2,5,14,16H,4,6-12,15H2,1,3H3. The molecular weight excluding hydrogens is 260 g/mol. The highest BCUT2D eigenvalue weighted by molar-refractivity contribution is 5.57. The van der Waals surface area contributed by atoms with Gasteiger partial charge in [0.1, 0.15) is 11.5 Å². The summed E-state index contributed by atoms with van der Waals surface area (Å²) >= 11 is 0. The van der Waals surface area contributed by atoms with Crippen LogP contribution in [0.25, 0.3) is 6.08 Å². The van der Waals surface area contributed by atoms with Gasteiger partial charge in [0, 0.05) is 11.6 Å². The van der Waals surface area contributed by atoms with Crippen LogP contribution in [-0.4, -0.2) is 13.7 Å². The zero-order valence-electron chi connectivity index (χ0n) is 13.5. The molecule has 21 heavy (non-hydrogen) atoms. The lowest BCUT2D eigenvalue weighted by Crippen LogP contribution is -1.98. The van der Waals surface area contributed by atoms with Crippen LogP contribution in [0.3, 0.4) is 0 Å². The summed E-state index contributed by atoms with van der Waals surface area (Å²) in [6.45, 7) is 8.55. The maximum absolute atomic E-state index is 5.71. The van der Waals surface area contributed by atoms with Crippen LogP contribution >= 0.6 is 0 Å². The van der Waals surface area contributed by atoms with Crippen molar-refractivity contribution in [3.63, 3.8) is 0 Å². The maximum Gasteiger partial charge on any atom is 0.128 e. The Morgan fingerprint density at radius 3 is 2.38 bits per heavy atom. The summed E-state index contributed by atoms with van der Waals surface area (Å²) in [5.74, 6) is 1.45. The van der Waals surface area contributed by atoms with Crippen LogP contribution in [0, 0.1) is 12.6 Å². The quantitative estimate of drug-likeness (QED) is 0.475. The van der Waals surface area contributed by atoms with Crippen LogP contribution in [0.15, 0.2) is 12.1 Å². The van der Waals surface area contributed by atoms with Gasteiger partial charge in [-0.05, 0) is 18.6 Å². The molecule has 0 heterocycles. The molecule has 1 aromatic carbocycles. The summed E-state index contributed by atoms with van der Waals surface area (Å²) in [4.78, 5) is 0. The summed E-state index contributed by atoms with van der Waals surface area (Å²) < 4.78 is 10.9. The molecule has 0 amide bonds. The summed E-state index contributed by atoms with van der Waals surface area (Å²) in [5, 5.41) is 0. The summed E-state index contributed by atoms with van der Waals surface area (Å²) in [5.41, 5.74) is 0.835. The highest BCUT2D eigenvalue weighted by Gasteiger charge is 2.02. The van der Waals surface area contributed by atoms with Crippen molar-refractivity contribution in [2.45, 2.75) is 58.3 Å². The van der Waals surface area contributed by atoms with Gasteiger partial charge in [-0.2, -0.15) is 0 Å². The molecule has 0 aromatic heterocycles. The number of hydrogen-bond donors (Lipinski definition) is 0. The molecule has 0 aliphatic rings. The van der Waals surface area contributed by atoms with E-state index in [1.54, 1.807) is 13.2 Å². The molecule has 1 rings (SSSR count). The van der Waals surface area contributed by atoms with E-state index in [1.807, 2.05) is 6.07 Å². The molecule has 0 fully saturated rings. The maximum atomic E-state index is 5.71. The SMILES string of the molecule is [CH]=Cc1cc(OCCCCCCCCCC)[c]cc1OC. The monoisotopic (exact) mass is 288 g/mol. The van der Waals surface area contributed by atoms with Crippen molar-refractivity contribution in [2.24, 2.45) is 0 Å². The van der Waals surface area contributed by atoms with Gasteiger partial charge in [0.25, 0.3) is 0 Å². The van der Waals surface area contributed by atoms with Gasteiger partial charge in [-0.25, -0.2) is 0 Å². The Labute approximate surface area is 130 Å². The zero-order valence-corrected chi connectivity index (χ0v) is 13.5. The lowest BCUT2D eigenvalue weighted by Gasteiger charge is -2.09. The smallest absolute Gasteiger partial charge is 0.128 e. The third kappa shape index (κ3) is 7.22. The van der Waals surface area contributed by atoms with Crippen LogP contribution < -0.4 is 9.47 Å². The fourth-order valence-corrected chi connectivity index (χ4v) is 2.28. The van der Waals surface area contributed by atoms with Crippen molar-refractivity contribution in [1.82, 2.24) is 0 Å². The molecule has 116 valence electrons. The third-order valence-corrected chi connectivity index (χ3v) is 3.57. The van der Waals surface area contributed by atoms with Crippen molar-refractivity contribution >= 4 is 6.08 Å². The van der Waals surface area contributed by atoms with Gasteiger partial charge >= 0.3 is 0 Å². The first-order chi connectivity index (χ1) is 10.3. The zero-order chi connectivity index (χ0) is 15.3. The van der Waals surface area contributed by atoms with E-state index in [2.05, 4.69) is 13.0 Å².